The minimum atomic E-state index is -0.401. The molecule has 1 aromatic heterocycles. The summed E-state index contributed by atoms with van der Waals surface area (Å²) in [7, 11) is 0. The summed E-state index contributed by atoms with van der Waals surface area (Å²) in [6.07, 6.45) is 5.07. The van der Waals surface area contributed by atoms with Gasteiger partial charge in [0.1, 0.15) is 12.0 Å². The summed E-state index contributed by atoms with van der Waals surface area (Å²) >= 11 is 0. The first-order valence-corrected chi connectivity index (χ1v) is 13.7. The predicted octanol–water partition coefficient (Wildman–Crippen LogP) is 6.75. The molecule has 0 N–H and O–H groups in total. The van der Waals surface area contributed by atoms with Crippen LogP contribution in [0.2, 0.25) is 0 Å². The highest BCUT2D eigenvalue weighted by atomic mass is 16.5. The van der Waals surface area contributed by atoms with Crippen LogP contribution in [0.1, 0.15) is 54.9 Å². The van der Waals surface area contributed by atoms with Gasteiger partial charge < -0.3 is 4.74 Å². The number of hydrogen-bond acceptors (Lipinski definition) is 4. The second-order valence-electron chi connectivity index (χ2n) is 10.9. The van der Waals surface area contributed by atoms with Crippen molar-refractivity contribution < 1.29 is 9.53 Å². The van der Waals surface area contributed by atoms with Crippen LogP contribution in [0.15, 0.2) is 85.1 Å². The summed E-state index contributed by atoms with van der Waals surface area (Å²) in [5, 5.41) is 1.07. The van der Waals surface area contributed by atoms with Crippen LogP contribution in [0.3, 0.4) is 0 Å². The van der Waals surface area contributed by atoms with Crippen molar-refractivity contribution in [2.24, 2.45) is 11.8 Å². The molecule has 0 spiro atoms. The highest BCUT2D eigenvalue weighted by molar-refractivity contribution is 5.94. The first-order chi connectivity index (χ1) is 18.2. The SMILES string of the molecule is CCC1CN2CCC1CC2C(OC(=O)C1c2ccccc2-c2ccccc21)c1ccnc2ccccc12. The molecule has 5 unspecified atom stereocenters. The molecule has 4 nitrogen and oxygen atoms in total. The van der Waals surface area contributed by atoms with Gasteiger partial charge in [0.05, 0.1) is 11.6 Å². The Hall–Kier alpha value is -3.50. The van der Waals surface area contributed by atoms with Gasteiger partial charge in [-0.25, -0.2) is 0 Å². The fourth-order valence-electron chi connectivity index (χ4n) is 7.28. The first kappa shape index (κ1) is 22.7. The van der Waals surface area contributed by atoms with Crippen LogP contribution in [0.25, 0.3) is 22.0 Å². The summed E-state index contributed by atoms with van der Waals surface area (Å²) in [4.78, 5) is 21.4. The molecular formula is C33H32N2O2. The highest BCUT2D eigenvalue weighted by Gasteiger charge is 2.45. The van der Waals surface area contributed by atoms with E-state index in [9.17, 15) is 4.79 Å². The monoisotopic (exact) mass is 488 g/mol. The number of esters is 1. The molecule has 4 aromatic rings. The lowest BCUT2D eigenvalue weighted by atomic mass is 9.72. The van der Waals surface area contributed by atoms with Gasteiger partial charge >= 0.3 is 5.97 Å². The van der Waals surface area contributed by atoms with E-state index in [1.165, 1.54) is 12.8 Å². The Balaban J connectivity index is 1.30. The molecule has 186 valence electrons. The number of aromatic nitrogens is 1. The van der Waals surface area contributed by atoms with Crippen LogP contribution < -0.4 is 0 Å². The van der Waals surface area contributed by atoms with Gasteiger partial charge in [-0.15, -0.1) is 0 Å². The van der Waals surface area contributed by atoms with Gasteiger partial charge in [-0.3, -0.25) is 14.7 Å². The summed E-state index contributed by atoms with van der Waals surface area (Å²) in [6.45, 7) is 4.49. The first-order valence-electron chi connectivity index (χ1n) is 13.7. The summed E-state index contributed by atoms with van der Waals surface area (Å²) < 4.78 is 6.69. The number of nitrogens with zero attached hydrogens (tertiary/aromatic N) is 2. The number of para-hydroxylation sites is 1. The fourth-order valence-corrected chi connectivity index (χ4v) is 7.28. The van der Waals surface area contributed by atoms with Gasteiger partial charge in [-0.2, -0.15) is 0 Å². The molecule has 0 saturated carbocycles. The van der Waals surface area contributed by atoms with E-state index in [1.807, 2.05) is 42.6 Å². The second kappa shape index (κ2) is 9.11. The third-order valence-electron chi connectivity index (χ3n) is 9.11. The Labute approximate surface area is 218 Å². The van der Waals surface area contributed by atoms with Crippen LogP contribution in [-0.4, -0.2) is 35.0 Å². The van der Waals surface area contributed by atoms with E-state index < -0.39 is 5.92 Å². The van der Waals surface area contributed by atoms with Gasteiger partial charge in [-0.1, -0.05) is 80.1 Å². The molecule has 5 atom stereocenters. The van der Waals surface area contributed by atoms with Crippen LogP contribution in [0.4, 0.5) is 0 Å². The van der Waals surface area contributed by atoms with Crippen molar-refractivity contribution >= 4 is 16.9 Å². The molecule has 0 radical (unpaired) electrons. The molecule has 37 heavy (non-hydrogen) atoms. The number of benzene rings is 3. The minimum absolute atomic E-state index is 0.155. The molecular weight excluding hydrogens is 456 g/mol. The minimum Gasteiger partial charge on any atom is -0.455 e. The summed E-state index contributed by atoms with van der Waals surface area (Å²) in [6, 6.07) is 27.0. The zero-order chi connectivity index (χ0) is 24.9. The molecule has 3 saturated heterocycles. The number of fused-ring (bicyclic) bond motifs is 7. The normalized spacial score (nSPS) is 25.0. The molecule has 8 rings (SSSR count). The van der Waals surface area contributed by atoms with Crippen molar-refractivity contribution in [3.8, 4) is 11.1 Å². The third kappa shape index (κ3) is 3.69. The number of ether oxygens (including phenoxy) is 1. The van der Waals surface area contributed by atoms with Crippen LogP contribution >= 0.6 is 0 Å². The number of piperidine rings is 3. The lowest BCUT2D eigenvalue weighted by molar-refractivity contribution is -0.158. The number of rotatable bonds is 5. The lowest BCUT2D eigenvalue weighted by Crippen LogP contribution is -2.55. The van der Waals surface area contributed by atoms with Crippen molar-refractivity contribution in [2.75, 3.05) is 13.1 Å². The van der Waals surface area contributed by atoms with Gasteiger partial charge in [0.25, 0.3) is 0 Å². The number of carbonyl (C=O) groups excluding carboxylic acids is 1. The van der Waals surface area contributed by atoms with Gasteiger partial charge in [0.2, 0.25) is 0 Å². The maximum absolute atomic E-state index is 14.2. The van der Waals surface area contributed by atoms with Crippen molar-refractivity contribution in [3.63, 3.8) is 0 Å². The predicted molar refractivity (Wildman–Crippen MR) is 146 cm³/mol. The zero-order valence-corrected chi connectivity index (χ0v) is 21.2. The van der Waals surface area contributed by atoms with E-state index in [1.54, 1.807) is 0 Å². The average Bonchev–Trinajstić information content (AvgIpc) is 3.30. The van der Waals surface area contributed by atoms with Crippen LogP contribution in [-0.2, 0) is 9.53 Å². The van der Waals surface area contributed by atoms with Crippen molar-refractivity contribution in [1.29, 1.82) is 0 Å². The topological polar surface area (TPSA) is 42.4 Å². The Morgan fingerprint density at radius 1 is 0.973 bits per heavy atom. The van der Waals surface area contributed by atoms with Crippen LogP contribution in [0, 0.1) is 11.8 Å². The molecule has 4 heteroatoms. The molecule has 4 aliphatic rings. The summed E-state index contributed by atoms with van der Waals surface area (Å²) in [5.74, 6) is 0.881. The van der Waals surface area contributed by atoms with E-state index in [4.69, 9.17) is 4.74 Å². The molecule has 3 aromatic carbocycles. The third-order valence-corrected chi connectivity index (χ3v) is 9.11. The van der Waals surface area contributed by atoms with E-state index in [0.29, 0.717) is 5.92 Å². The number of pyridine rings is 1. The smallest absolute Gasteiger partial charge is 0.318 e. The lowest BCUT2D eigenvalue weighted by Gasteiger charge is -2.51. The Morgan fingerprint density at radius 2 is 1.68 bits per heavy atom. The highest BCUT2D eigenvalue weighted by Crippen LogP contribution is 2.48. The van der Waals surface area contributed by atoms with E-state index in [-0.39, 0.29) is 18.1 Å². The van der Waals surface area contributed by atoms with E-state index >= 15 is 0 Å². The van der Waals surface area contributed by atoms with Gasteiger partial charge in [0.15, 0.2) is 0 Å². The quantitative estimate of drug-likeness (QED) is 0.291. The molecule has 3 fully saturated rings. The van der Waals surface area contributed by atoms with Crippen molar-refractivity contribution in [3.05, 3.63) is 102 Å². The molecule has 4 heterocycles. The zero-order valence-electron chi connectivity index (χ0n) is 21.2. The molecule has 3 aliphatic heterocycles. The summed E-state index contributed by atoms with van der Waals surface area (Å²) in [5.41, 5.74) is 6.38. The number of hydrogen-bond donors (Lipinski definition) is 0. The van der Waals surface area contributed by atoms with Gasteiger partial charge in [-0.05, 0) is 65.6 Å². The largest absolute Gasteiger partial charge is 0.455 e. The second-order valence-corrected chi connectivity index (χ2v) is 10.9. The number of carbonyl (C=O) groups is 1. The van der Waals surface area contributed by atoms with E-state index in [0.717, 1.165) is 64.1 Å². The Kier molecular flexibility index (Phi) is 5.58. The Morgan fingerprint density at radius 3 is 2.38 bits per heavy atom. The van der Waals surface area contributed by atoms with Gasteiger partial charge in [0, 0.05) is 23.7 Å². The maximum Gasteiger partial charge on any atom is 0.318 e. The van der Waals surface area contributed by atoms with Crippen LogP contribution in [0.5, 0.6) is 0 Å². The average molecular weight is 489 g/mol. The Bertz CT molecular complexity index is 1430. The molecule has 0 amide bonds. The fraction of sp³-hybridized carbons (Fsp3) is 0.333. The van der Waals surface area contributed by atoms with Crippen molar-refractivity contribution in [2.45, 2.75) is 44.2 Å². The van der Waals surface area contributed by atoms with E-state index in [2.05, 4.69) is 59.3 Å². The molecule has 2 bridgehead atoms. The maximum atomic E-state index is 14.2. The van der Waals surface area contributed by atoms with Crippen molar-refractivity contribution in [1.82, 2.24) is 9.88 Å². The molecule has 1 aliphatic carbocycles. The standard InChI is InChI=1S/C33H32N2O2/c1-2-21-20-35-18-16-22(21)19-30(35)32(28-15-17-34-29-14-8-7-11-25(28)29)37-33(36)31-26-12-5-3-9-23(26)24-10-4-6-13-27(24)31/h3-15,17,21-22,30-32H,2,16,18-20H2,1H3.